The molecule has 11 heteroatoms. The summed E-state index contributed by atoms with van der Waals surface area (Å²) in [5.41, 5.74) is 1.43. The third-order valence-corrected chi connectivity index (χ3v) is 6.87. The molecular weight excluding hydrogens is 602 g/mol. The van der Waals surface area contributed by atoms with Crippen molar-refractivity contribution in [2.45, 2.75) is 71.8 Å². The van der Waals surface area contributed by atoms with Gasteiger partial charge in [-0.05, 0) is 56.4 Å². The number of carbonyl (C=O) groups is 3. The molecule has 0 heterocycles. The average molecular weight is 650 g/mol. The molecule has 0 saturated carbocycles. The topological polar surface area (TPSA) is 133 Å². The molecule has 0 aliphatic heterocycles. The zero-order valence-electron chi connectivity index (χ0n) is 28.5. The van der Waals surface area contributed by atoms with E-state index in [2.05, 4.69) is 16.0 Å². The summed E-state index contributed by atoms with van der Waals surface area (Å²) < 4.78 is 27.6. The molecule has 3 rings (SSSR count). The van der Waals surface area contributed by atoms with Gasteiger partial charge in [0.25, 0.3) is 0 Å². The number of anilines is 1. The summed E-state index contributed by atoms with van der Waals surface area (Å²) in [6.45, 7) is 9.59. The van der Waals surface area contributed by atoms with E-state index in [1.807, 2.05) is 68.4 Å². The average Bonchev–Trinajstić information content (AvgIpc) is 3.02. The van der Waals surface area contributed by atoms with Crippen LogP contribution in [0.2, 0.25) is 0 Å². The lowest BCUT2D eigenvalue weighted by Gasteiger charge is -2.27. The Morgan fingerprint density at radius 1 is 0.766 bits per heavy atom. The lowest BCUT2D eigenvalue weighted by molar-refractivity contribution is -0.158. The van der Waals surface area contributed by atoms with Crippen molar-refractivity contribution in [2.75, 3.05) is 26.6 Å². The van der Waals surface area contributed by atoms with Gasteiger partial charge in [0.1, 0.15) is 30.0 Å². The largest absolute Gasteiger partial charge is 0.493 e. The fraction of sp³-hybridized carbons (Fsp3) is 0.417. The number of hydrogen-bond acceptors (Lipinski definition) is 8. The highest BCUT2D eigenvalue weighted by molar-refractivity contribution is 5.95. The first-order chi connectivity index (χ1) is 22.3. The summed E-state index contributed by atoms with van der Waals surface area (Å²) in [6.07, 6.45) is 0.495. The molecular formula is C36H47N3O8. The van der Waals surface area contributed by atoms with Crippen molar-refractivity contribution in [1.82, 2.24) is 10.6 Å². The van der Waals surface area contributed by atoms with E-state index in [0.717, 1.165) is 11.1 Å². The van der Waals surface area contributed by atoms with Gasteiger partial charge in [0.2, 0.25) is 11.7 Å². The van der Waals surface area contributed by atoms with Gasteiger partial charge in [-0.1, -0.05) is 56.3 Å². The molecule has 0 spiro atoms. The number of benzene rings is 3. The van der Waals surface area contributed by atoms with E-state index in [-0.39, 0.29) is 12.3 Å². The smallest absolute Gasteiger partial charge is 0.329 e. The van der Waals surface area contributed by atoms with Crippen LogP contribution in [-0.2, 0) is 27.4 Å². The Labute approximate surface area is 277 Å². The van der Waals surface area contributed by atoms with Gasteiger partial charge in [-0.2, -0.15) is 0 Å². The third kappa shape index (κ3) is 11.7. The van der Waals surface area contributed by atoms with Gasteiger partial charge in [-0.25, -0.2) is 9.59 Å². The van der Waals surface area contributed by atoms with Crippen LogP contribution in [0, 0.1) is 5.92 Å². The Bertz CT molecular complexity index is 1440. The zero-order chi connectivity index (χ0) is 34.6. The highest BCUT2D eigenvalue weighted by Gasteiger charge is 2.31. The van der Waals surface area contributed by atoms with Crippen molar-refractivity contribution < 1.29 is 38.1 Å². The predicted octanol–water partition coefficient (Wildman–Crippen LogP) is 5.90. The zero-order valence-corrected chi connectivity index (χ0v) is 28.5. The van der Waals surface area contributed by atoms with Crippen LogP contribution in [0.5, 0.6) is 23.0 Å². The second-order valence-electron chi connectivity index (χ2n) is 12.4. The highest BCUT2D eigenvalue weighted by atomic mass is 16.6. The normalized spacial score (nSPS) is 12.4. The molecule has 2 atom stereocenters. The Balaban J connectivity index is 1.74. The number of nitrogens with one attached hydrogen (secondary N) is 3. The number of ether oxygens (including phenoxy) is 5. The highest BCUT2D eigenvalue weighted by Crippen LogP contribution is 2.39. The van der Waals surface area contributed by atoms with E-state index >= 15 is 0 Å². The second kappa shape index (κ2) is 17.1. The molecule has 0 bridgehead atoms. The Morgan fingerprint density at radius 3 is 1.91 bits per heavy atom. The molecule has 11 nitrogen and oxygen atoms in total. The lowest BCUT2D eigenvalue weighted by Crippen LogP contribution is -2.54. The maximum atomic E-state index is 13.7. The second-order valence-corrected chi connectivity index (χ2v) is 12.4. The minimum Gasteiger partial charge on any atom is -0.493 e. The standard InChI is InChI=1S/C36H47N3O8/c1-23(2)18-28(39-35(42)37-26-20-30(43-6)32(45-8)31(21-26)44-7)33(40)38-29(34(41)47-36(3,4)5)19-24-14-16-27(17-15-24)46-22-25-12-10-9-11-13-25/h9-17,20-21,23,28-29H,18-19,22H2,1-8H3,(H,38,40)(H2,37,39,42)/t28-,29-/m0/s1. The van der Waals surface area contributed by atoms with Gasteiger partial charge in [-0.15, -0.1) is 0 Å². The van der Waals surface area contributed by atoms with Gasteiger partial charge < -0.3 is 39.6 Å². The number of hydrogen-bond donors (Lipinski definition) is 3. The van der Waals surface area contributed by atoms with Crippen molar-refractivity contribution in [1.29, 1.82) is 0 Å². The van der Waals surface area contributed by atoms with Crippen LogP contribution >= 0.6 is 0 Å². The van der Waals surface area contributed by atoms with Crippen LogP contribution in [-0.4, -0.2) is 56.9 Å². The number of amides is 3. The van der Waals surface area contributed by atoms with Crippen molar-refractivity contribution in [3.63, 3.8) is 0 Å². The molecule has 3 N–H and O–H groups in total. The molecule has 0 fully saturated rings. The molecule has 47 heavy (non-hydrogen) atoms. The number of esters is 1. The fourth-order valence-electron chi connectivity index (χ4n) is 4.72. The third-order valence-electron chi connectivity index (χ3n) is 6.87. The molecule has 3 amide bonds. The van der Waals surface area contributed by atoms with Gasteiger partial charge in [-0.3, -0.25) is 4.79 Å². The van der Waals surface area contributed by atoms with Crippen LogP contribution in [0.3, 0.4) is 0 Å². The Morgan fingerprint density at radius 2 is 1.38 bits per heavy atom. The molecule has 3 aromatic rings. The van der Waals surface area contributed by atoms with Crippen molar-refractivity contribution in [3.05, 3.63) is 77.9 Å². The first kappa shape index (κ1) is 36.5. The molecule has 3 aromatic carbocycles. The monoisotopic (exact) mass is 649 g/mol. The predicted molar refractivity (Wildman–Crippen MR) is 180 cm³/mol. The van der Waals surface area contributed by atoms with Gasteiger partial charge in [0.15, 0.2) is 11.5 Å². The van der Waals surface area contributed by atoms with Crippen molar-refractivity contribution >= 4 is 23.6 Å². The Hall–Kier alpha value is -4.93. The van der Waals surface area contributed by atoms with Crippen molar-refractivity contribution in [3.8, 4) is 23.0 Å². The Kier molecular flexibility index (Phi) is 13.3. The minimum atomic E-state index is -1.01. The van der Waals surface area contributed by atoms with Crippen LogP contribution in [0.25, 0.3) is 0 Å². The molecule has 0 saturated heterocycles. The van der Waals surface area contributed by atoms with E-state index in [9.17, 15) is 14.4 Å². The number of urea groups is 1. The van der Waals surface area contributed by atoms with Crippen LogP contribution in [0.1, 0.15) is 52.2 Å². The molecule has 0 unspecified atom stereocenters. The first-order valence-electron chi connectivity index (χ1n) is 15.5. The summed E-state index contributed by atoms with van der Waals surface area (Å²) in [5.74, 6) is 0.716. The fourth-order valence-corrected chi connectivity index (χ4v) is 4.72. The molecule has 0 radical (unpaired) electrons. The van der Waals surface area contributed by atoms with E-state index in [4.69, 9.17) is 23.7 Å². The molecule has 254 valence electrons. The van der Waals surface area contributed by atoms with E-state index in [0.29, 0.717) is 41.7 Å². The number of carbonyl (C=O) groups excluding carboxylic acids is 3. The maximum Gasteiger partial charge on any atom is 0.329 e. The summed E-state index contributed by atoms with van der Waals surface area (Å²) in [6, 6.07) is 17.7. The summed E-state index contributed by atoms with van der Waals surface area (Å²) >= 11 is 0. The maximum absolute atomic E-state index is 13.7. The SMILES string of the molecule is COc1cc(NC(=O)N[C@@H](CC(C)C)C(=O)N[C@@H](Cc2ccc(OCc3ccccc3)cc2)C(=O)OC(C)(C)C)cc(OC)c1OC. The van der Waals surface area contributed by atoms with Gasteiger partial charge in [0, 0.05) is 18.6 Å². The van der Waals surface area contributed by atoms with Gasteiger partial charge >= 0.3 is 12.0 Å². The quantitative estimate of drug-likeness (QED) is 0.174. The minimum absolute atomic E-state index is 0.0515. The van der Waals surface area contributed by atoms with Crippen LogP contribution < -0.4 is 34.9 Å². The summed E-state index contributed by atoms with van der Waals surface area (Å²) in [5, 5.41) is 8.30. The summed E-state index contributed by atoms with van der Waals surface area (Å²) in [7, 11) is 4.43. The van der Waals surface area contributed by atoms with Crippen LogP contribution in [0.4, 0.5) is 10.5 Å². The first-order valence-corrected chi connectivity index (χ1v) is 15.5. The summed E-state index contributed by atoms with van der Waals surface area (Å²) in [4.78, 5) is 40.1. The molecule has 0 aliphatic rings. The van der Waals surface area contributed by atoms with E-state index in [1.54, 1.807) is 32.9 Å². The van der Waals surface area contributed by atoms with E-state index in [1.165, 1.54) is 21.3 Å². The van der Waals surface area contributed by atoms with Crippen molar-refractivity contribution in [2.24, 2.45) is 5.92 Å². The lowest BCUT2D eigenvalue weighted by atomic mass is 10.0. The molecule has 0 aromatic heterocycles. The van der Waals surface area contributed by atoms with Gasteiger partial charge in [0.05, 0.1) is 27.0 Å². The van der Waals surface area contributed by atoms with E-state index < -0.39 is 35.6 Å². The number of rotatable bonds is 15. The number of methoxy groups -OCH3 is 3. The molecule has 0 aliphatic carbocycles. The van der Waals surface area contributed by atoms with Crippen LogP contribution in [0.15, 0.2) is 66.7 Å².